The second-order valence-electron chi connectivity index (χ2n) is 7.80. The van der Waals surface area contributed by atoms with Crippen LogP contribution in [0.4, 0.5) is 0 Å². The van der Waals surface area contributed by atoms with Gasteiger partial charge in [-0.2, -0.15) is 0 Å². The topological polar surface area (TPSA) is 78.9 Å². The quantitative estimate of drug-likeness (QED) is 0.729. The molecule has 0 bridgehead atoms. The molecule has 0 unspecified atom stereocenters. The van der Waals surface area contributed by atoms with Crippen LogP contribution in [0.2, 0.25) is 0 Å². The van der Waals surface area contributed by atoms with Gasteiger partial charge < -0.3 is 15.2 Å². The highest BCUT2D eigenvalue weighted by Crippen LogP contribution is 2.47. The van der Waals surface area contributed by atoms with E-state index in [0.717, 1.165) is 17.7 Å². The van der Waals surface area contributed by atoms with Crippen molar-refractivity contribution in [3.8, 4) is 5.75 Å². The number of ether oxygens (including phenoxy) is 1. The van der Waals surface area contributed by atoms with Gasteiger partial charge in [-0.05, 0) is 49.9 Å². The minimum atomic E-state index is -1.04. The van der Waals surface area contributed by atoms with Crippen LogP contribution in [-0.4, -0.2) is 48.1 Å². The Labute approximate surface area is 161 Å². The molecule has 0 saturated carbocycles. The van der Waals surface area contributed by atoms with Crippen LogP contribution in [-0.2, 0) is 9.59 Å². The van der Waals surface area contributed by atoms with Crippen molar-refractivity contribution >= 4 is 11.9 Å². The smallest absolute Gasteiger partial charge is 0.324 e. The zero-order valence-corrected chi connectivity index (χ0v) is 17.0. The highest BCUT2D eigenvalue weighted by molar-refractivity contribution is 5.85. The van der Waals surface area contributed by atoms with Crippen LogP contribution >= 0.6 is 0 Å². The summed E-state index contributed by atoms with van der Waals surface area (Å²) < 4.78 is 5.22. The van der Waals surface area contributed by atoms with Crippen LogP contribution in [0.15, 0.2) is 24.3 Å². The highest BCUT2D eigenvalue weighted by Gasteiger charge is 2.56. The van der Waals surface area contributed by atoms with E-state index in [2.05, 4.69) is 19.2 Å². The van der Waals surface area contributed by atoms with E-state index in [4.69, 9.17) is 4.74 Å². The van der Waals surface area contributed by atoms with Crippen molar-refractivity contribution in [3.63, 3.8) is 0 Å². The van der Waals surface area contributed by atoms with Crippen LogP contribution in [0.3, 0.4) is 0 Å². The van der Waals surface area contributed by atoms with Crippen molar-refractivity contribution in [1.82, 2.24) is 10.2 Å². The number of likely N-dealkylation sites (tertiary alicyclic amines) is 1. The van der Waals surface area contributed by atoms with Crippen molar-refractivity contribution in [1.29, 1.82) is 0 Å². The maximum absolute atomic E-state index is 13.0. The largest absolute Gasteiger partial charge is 0.497 e. The number of carboxylic acids is 1. The Morgan fingerprint density at radius 1 is 1.33 bits per heavy atom. The number of carboxylic acid groups (broad SMARTS) is 1. The van der Waals surface area contributed by atoms with E-state index in [0.29, 0.717) is 25.3 Å². The third-order valence-corrected chi connectivity index (χ3v) is 5.83. The second kappa shape index (κ2) is 8.74. The minimum Gasteiger partial charge on any atom is -0.497 e. The molecule has 1 aliphatic heterocycles. The summed E-state index contributed by atoms with van der Waals surface area (Å²) in [6.07, 6.45) is 1.65. The summed E-state index contributed by atoms with van der Waals surface area (Å²) in [5.74, 6) is -0.116. The van der Waals surface area contributed by atoms with Gasteiger partial charge in [-0.15, -0.1) is 0 Å². The number of hydrogen-bond donors (Lipinski definition) is 2. The number of aliphatic carboxylic acids is 1. The summed E-state index contributed by atoms with van der Waals surface area (Å²) in [4.78, 5) is 26.9. The van der Waals surface area contributed by atoms with Crippen molar-refractivity contribution in [2.75, 3.05) is 20.7 Å². The van der Waals surface area contributed by atoms with Crippen molar-refractivity contribution in [2.45, 2.75) is 51.6 Å². The van der Waals surface area contributed by atoms with Crippen molar-refractivity contribution < 1.29 is 19.4 Å². The molecule has 1 heterocycles. The number of carbonyl (C=O) groups excluding carboxylic acids is 1. The monoisotopic (exact) mass is 376 g/mol. The molecule has 0 aromatic heterocycles. The number of amides is 1. The predicted molar refractivity (Wildman–Crippen MR) is 105 cm³/mol. The first kappa shape index (κ1) is 21.2. The Hall–Kier alpha value is -2.08. The maximum atomic E-state index is 13.0. The summed E-state index contributed by atoms with van der Waals surface area (Å²) in [6, 6.07) is 7.25. The molecule has 1 saturated heterocycles. The zero-order chi connectivity index (χ0) is 20.2. The Morgan fingerprint density at radius 3 is 2.44 bits per heavy atom. The molecular weight excluding hydrogens is 344 g/mol. The normalized spacial score (nSPS) is 25.6. The second-order valence-corrected chi connectivity index (χ2v) is 7.80. The molecule has 1 aromatic rings. The summed E-state index contributed by atoms with van der Waals surface area (Å²) >= 11 is 0. The van der Waals surface area contributed by atoms with Crippen LogP contribution in [0, 0.1) is 11.8 Å². The molecule has 150 valence electrons. The van der Waals surface area contributed by atoms with Gasteiger partial charge in [-0.3, -0.25) is 14.5 Å². The van der Waals surface area contributed by atoms with E-state index in [9.17, 15) is 14.7 Å². The third-order valence-electron chi connectivity index (χ3n) is 5.83. The van der Waals surface area contributed by atoms with Gasteiger partial charge in [-0.25, -0.2) is 0 Å². The number of likely N-dealkylation sites (N-methyl/N-ethyl adjacent to an activating group) is 1. The fourth-order valence-electron chi connectivity index (χ4n) is 4.05. The lowest BCUT2D eigenvalue weighted by Gasteiger charge is -2.34. The lowest BCUT2D eigenvalue weighted by molar-refractivity contribution is -0.150. The van der Waals surface area contributed by atoms with Crippen LogP contribution in [0.1, 0.15) is 51.6 Å². The van der Waals surface area contributed by atoms with Crippen LogP contribution in [0.5, 0.6) is 5.75 Å². The molecule has 27 heavy (non-hydrogen) atoms. The standard InChI is InChI=1S/C21H32N2O4/c1-6-21(20(25)26)13-17(19(24)22-12-11-14(2)3)18(23(21)4)15-7-9-16(27-5)10-8-15/h7-10,14,17-18H,6,11-13H2,1-5H3,(H,22,24)(H,25,26)/t17-,18-,21-/m1/s1. The summed E-state index contributed by atoms with van der Waals surface area (Å²) in [6.45, 7) is 6.71. The first-order chi connectivity index (χ1) is 12.8. The number of nitrogens with one attached hydrogen (secondary N) is 1. The average Bonchev–Trinajstić information content (AvgIpc) is 2.95. The molecule has 3 atom stereocenters. The Kier molecular flexibility index (Phi) is 6.87. The molecular formula is C21H32N2O4. The lowest BCUT2D eigenvalue weighted by atomic mass is 9.87. The zero-order valence-electron chi connectivity index (χ0n) is 17.0. The number of methoxy groups -OCH3 is 1. The first-order valence-corrected chi connectivity index (χ1v) is 9.64. The Morgan fingerprint density at radius 2 is 1.96 bits per heavy atom. The predicted octanol–water partition coefficient (Wildman–Crippen LogP) is 3.08. The molecule has 0 aliphatic carbocycles. The van der Waals surface area contributed by atoms with Gasteiger partial charge in [0.25, 0.3) is 0 Å². The van der Waals surface area contributed by atoms with Crippen LogP contribution < -0.4 is 10.1 Å². The first-order valence-electron chi connectivity index (χ1n) is 9.64. The molecule has 2 rings (SSSR count). The molecule has 6 heteroatoms. The molecule has 0 radical (unpaired) electrons. The van der Waals surface area contributed by atoms with Gasteiger partial charge >= 0.3 is 5.97 Å². The average molecular weight is 376 g/mol. The van der Waals surface area contributed by atoms with E-state index >= 15 is 0 Å². The van der Waals surface area contributed by atoms with Gasteiger partial charge in [0.1, 0.15) is 11.3 Å². The number of carbonyl (C=O) groups is 2. The molecule has 2 N–H and O–H groups in total. The molecule has 6 nitrogen and oxygen atoms in total. The summed E-state index contributed by atoms with van der Waals surface area (Å²) in [5, 5.41) is 13.0. The van der Waals surface area contributed by atoms with Gasteiger partial charge in [0.2, 0.25) is 5.91 Å². The lowest BCUT2D eigenvalue weighted by Crippen LogP contribution is -2.48. The molecule has 1 aromatic carbocycles. The van der Waals surface area contributed by atoms with E-state index < -0.39 is 17.4 Å². The van der Waals surface area contributed by atoms with Gasteiger partial charge in [0.05, 0.1) is 13.0 Å². The molecule has 1 amide bonds. The van der Waals surface area contributed by atoms with E-state index in [-0.39, 0.29) is 11.9 Å². The van der Waals surface area contributed by atoms with Gasteiger partial charge in [0, 0.05) is 12.6 Å². The SMILES string of the molecule is CC[C@]1(C(=O)O)C[C@@H](C(=O)NCCC(C)C)[C@@H](c2ccc(OC)cc2)N1C. The minimum absolute atomic E-state index is 0.0695. The number of benzene rings is 1. The van der Waals surface area contributed by atoms with Crippen LogP contribution in [0.25, 0.3) is 0 Å². The molecule has 0 spiro atoms. The van der Waals surface area contributed by atoms with Gasteiger partial charge in [0.15, 0.2) is 0 Å². The number of hydrogen-bond acceptors (Lipinski definition) is 4. The highest BCUT2D eigenvalue weighted by atomic mass is 16.5. The number of rotatable bonds is 8. The summed E-state index contributed by atoms with van der Waals surface area (Å²) in [5.41, 5.74) is -0.108. The Balaban J connectivity index is 2.34. The van der Waals surface area contributed by atoms with Gasteiger partial charge in [-0.1, -0.05) is 32.9 Å². The van der Waals surface area contributed by atoms with Crippen molar-refractivity contribution in [2.24, 2.45) is 11.8 Å². The number of nitrogens with zero attached hydrogens (tertiary/aromatic N) is 1. The molecule has 1 fully saturated rings. The van der Waals surface area contributed by atoms with E-state index in [1.807, 2.05) is 43.1 Å². The Bertz CT molecular complexity index is 659. The van der Waals surface area contributed by atoms with Crippen molar-refractivity contribution in [3.05, 3.63) is 29.8 Å². The third kappa shape index (κ3) is 4.26. The van der Waals surface area contributed by atoms with E-state index in [1.54, 1.807) is 7.11 Å². The summed E-state index contributed by atoms with van der Waals surface area (Å²) in [7, 11) is 3.42. The maximum Gasteiger partial charge on any atom is 0.324 e. The fraction of sp³-hybridized carbons (Fsp3) is 0.619. The molecule has 1 aliphatic rings. The fourth-order valence-corrected chi connectivity index (χ4v) is 4.05. The van der Waals surface area contributed by atoms with E-state index in [1.165, 1.54) is 0 Å².